The Morgan fingerprint density at radius 3 is 1.11 bits per heavy atom. The predicted molar refractivity (Wildman–Crippen MR) is 276 cm³/mol. The lowest BCUT2D eigenvalue weighted by molar-refractivity contribution is -0.887. The van der Waals surface area contributed by atoms with E-state index in [1.54, 1.807) is 0 Å². The highest BCUT2D eigenvalue weighted by Crippen LogP contribution is 2.17. The number of carbonyl (C=O) groups is 3. The summed E-state index contributed by atoms with van der Waals surface area (Å²) in [6.45, 7) is 4.80. The van der Waals surface area contributed by atoms with Crippen molar-refractivity contribution in [3.63, 3.8) is 0 Å². The molecule has 0 radical (unpaired) electrons. The normalized spacial score (nSPS) is 12.8. The van der Waals surface area contributed by atoms with Gasteiger partial charge in [-0.1, -0.05) is 238 Å². The number of likely N-dealkylation sites (N-methyl/N-ethyl adjacent to an activating group) is 1. The first-order valence-corrected chi connectivity index (χ1v) is 28.2. The number of hydrogen-bond donors (Lipinski definition) is 1. The summed E-state index contributed by atoms with van der Waals surface area (Å²) in [6.07, 6.45) is 55.5. The summed E-state index contributed by atoms with van der Waals surface area (Å²) in [5, 5.41) is 9.67. The smallest absolute Gasteiger partial charge is 0.362 e. The monoisotopic (exact) mass is 921 g/mol. The van der Waals surface area contributed by atoms with E-state index in [0.717, 1.165) is 38.5 Å². The fourth-order valence-electron chi connectivity index (χ4n) is 8.80. The average molecular weight is 922 g/mol. The molecule has 0 aromatic carbocycles. The maximum absolute atomic E-state index is 12.8. The highest BCUT2D eigenvalue weighted by molar-refractivity contribution is 5.72. The van der Waals surface area contributed by atoms with Gasteiger partial charge in [-0.2, -0.15) is 0 Å². The summed E-state index contributed by atoms with van der Waals surface area (Å²) in [5.74, 6) is -1.45. The second-order valence-electron chi connectivity index (χ2n) is 20.6. The zero-order chi connectivity index (χ0) is 47.7. The fraction of sp³-hybridized carbons (Fsp3) is 0.912. The molecule has 0 saturated carbocycles. The Morgan fingerprint density at radius 2 is 0.769 bits per heavy atom. The number of allylic oxidation sites excluding steroid dienone is 2. The molecule has 0 bridgehead atoms. The number of hydrogen-bond acceptors (Lipinski definition) is 6. The molecule has 0 saturated heterocycles. The summed E-state index contributed by atoms with van der Waals surface area (Å²) in [5.41, 5.74) is 0. The number of quaternary nitrogens is 1. The molecule has 0 spiro atoms. The third kappa shape index (κ3) is 46.9. The highest BCUT2D eigenvalue weighted by atomic mass is 16.6. The van der Waals surface area contributed by atoms with Crippen LogP contribution in [-0.2, 0) is 28.6 Å². The van der Waals surface area contributed by atoms with Crippen molar-refractivity contribution >= 4 is 17.9 Å². The molecule has 2 atom stereocenters. The van der Waals surface area contributed by atoms with Crippen LogP contribution >= 0.6 is 0 Å². The van der Waals surface area contributed by atoms with Gasteiger partial charge in [-0.3, -0.25) is 9.59 Å². The molecule has 0 rings (SSSR count). The van der Waals surface area contributed by atoms with Gasteiger partial charge >= 0.3 is 17.9 Å². The van der Waals surface area contributed by atoms with Crippen molar-refractivity contribution in [1.82, 2.24) is 0 Å². The molecule has 0 aliphatic rings. The lowest BCUT2D eigenvalue weighted by atomic mass is 10.0. The second kappa shape index (κ2) is 48.5. The quantitative estimate of drug-likeness (QED) is 0.0281. The summed E-state index contributed by atoms with van der Waals surface area (Å²) < 4.78 is 17.4. The van der Waals surface area contributed by atoms with E-state index in [4.69, 9.17) is 14.2 Å². The van der Waals surface area contributed by atoms with Crippen molar-refractivity contribution in [1.29, 1.82) is 0 Å². The molecular weight excluding hydrogens is 811 g/mol. The molecule has 0 aliphatic heterocycles. The molecule has 0 aliphatic carbocycles. The summed E-state index contributed by atoms with van der Waals surface area (Å²) in [6, 6.07) is -0.612. The van der Waals surface area contributed by atoms with E-state index in [2.05, 4.69) is 26.0 Å². The van der Waals surface area contributed by atoms with Crippen molar-refractivity contribution in [3.05, 3.63) is 12.2 Å². The van der Waals surface area contributed by atoms with Crippen molar-refractivity contribution < 1.29 is 38.2 Å². The van der Waals surface area contributed by atoms with Gasteiger partial charge in [0.15, 0.2) is 12.1 Å². The molecule has 0 aromatic heterocycles. The van der Waals surface area contributed by atoms with E-state index in [0.29, 0.717) is 19.3 Å². The van der Waals surface area contributed by atoms with Crippen LogP contribution in [0.5, 0.6) is 0 Å². The van der Waals surface area contributed by atoms with Gasteiger partial charge in [-0.15, -0.1) is 0 Å². The van der Waals surface area contributed by atoms with Gasteiger partial charge in [-0.05, 0) is 38.5 Å². The largest absolute Gasteiger partial charge is 0.477 e. The number of rotatable bonds is 52. The molecule has 384 valence electrons. The van der Waals surface area contributed by atoms with Crippen LogP contribution in [0.2, 0.25) is 0 Å². The van der Waals surface area contributed by atoms with Crippen LogP contribution < -0.4 is 0 Å². The van der Waals surface area contributed by atoms with Crippen molar-refractivity contribution in [2.45, 2.75) is 296 Å². The van der Waals surface area contributed by atoms with Crippen LogP contribution in [0.25, 0.3) is 0 Å². The van der Waals surface area contributed by atoms with Crippen molar-refractivity contribution in [2.75, 3.05) is 41.0 Å². The molecule has 65 heavy (non-hydrogen) atoms. The van der Waals surface area contributed by atoms with Crippen LogP contribution in [0.1, 0.15) is 284 Å². The Balaban J connectivity index is 4.15. The Bertz CT molecular complexity index is 1070. The highest BCUT2D eigenvalue weighted by Gasteiger charge is 2.31. The fourth-order valence-corrected chi connectivity index (χ4v) is 8.80. The van der Waals surface area contributed by atoms with E-state index in [-0.39, 0.29) is 36.2 Å². The lowest BCUT2D eigenvalue weighted by Gasteiger charge is -2.31. The third-order valence-electron chi connectivity index (χ3n) is 13.2. The maximum Gasteiger partial charge on any atom is 0.362 e. The predicted octanol–water partition coefficient (Wildman–Crippen LogP) is 16.6. The number of carboxylic acids is 1. The molecule has 1 N–H and O–H groups in total. The first-order valence-electron chi connectivity index (χ1n) is 28.2. The summed E-state index contributed by atoms with van der Waals surface area (Å²) >= 11 is 0. The lowest BCUT2D eigenvalue weighted by Crippen LogP contribution is -2.50. The molecule has 8 heteroatoms. The number of carboxylic acid groups (broad SMARTS) is 1. The molecule has 0 fully saturated rings. The van der Waals surface area contributed by atoms with Gasteiger partial charge in [0.2, 0.25) is 0 Å². The van der Waals surface area contributed by atoms with Crippen LogP contribution in [0, 0.1) is 0 Å². The zero-order valence-corrected chi connectivity index (χ0v) is 44.0. The van der Waals surface area contributed by atoms with E-state index in [1.165, 1.54) is 212 Å². The van der Waals surface area contributed by atoms with Gasteiger partial charge in [0.05, 0.1) is 34.4 Å². The Labute approximate surface area is 403 Å². The van der Waals surface area contributed by atoms with Crippen LogP contribution in [-0.4, -0.2) is 80.6 Å². The summed E-state index contributed by atoms with van der Waals surface area (Å²) in [7, 11) is 5.55. The zero-order valence-electron chi connectivity index (χ0n) is 44.0. The summed E-state index contributed by atoms with van der Waals surface area (Å²) in [4.78, 5) is 37.2. The number of unbranched alkanes of at least 4 members (excludes halogenated alkanes) is 36. The SMILES string of the molecule is CCCCCCCCCCCC/C=C/CCCCCCCCCC(=O)OCC(COCCC(C(=O)O)[N+](C)(C)C)OC(=O)CCCCCCCCCCCCCCCCCCCCCC. The van der Waals surface area contributed by atoms with Crippen molar-refractivity contribution in [3.8, 4) is 0 Å². The number of esters is 2. The minimum absolute atomic E-state index is 0.0464. The van der Waals surface area contributed by atoms with Crippen LogP contribution in [0.15, 0.2) is 12.2 Å². The number of ether oxygens (including phenoxy) is 3. The molecular formula is C57H110NO7+. The number of carbonyl (C=O) groups excluding carboxylic acids is 2. The minimum Gasteiger partial charge on any atom is -0.477 e. The maximum atomic E-state index is 12.8. The van der Waals surface area contributed by atoms with Crippen molar-refractivity contribution in [2.24, 2.45) is 0 Å². The second-order valence-corrected chi connectivity index (χ2v) is 20.6. The van der Waals surface area contributed by atoms with E-state index in [9.17, 15) is 19.5 Å². The molecule has 0 heterocycles. The molecule has 8 nitrogen and oxygen atoms in total. The van der Waals surface area contributed by atoms with E-state index in [1.807, 2.05) is 21.1 Å². The van der Waals surface area contributed by atoms with Crippen LogP contribution in [0.4, 0.5) is 0 Å². The van der Waals surface area contributed by atoms with Gasteiger partial charge in [0.1, 0.15) is 6.61 Å². The number of nitrogens with zero attached hydrogens (tertiary/aromatic N) is 1. The van der Waals surface area contributed by atoms with Gasteiger partial charge < -0.3 is 23.8 Å². The van der Waals surface area contributed by atoms with E-state index >= 15 is 0 Å². The first-order chi connectivity index (χ1) is 31.6. The number of aliphatic carboxylic acids is 1. The topological polar surface area (TPSA) is 99.1 Å². The molecule has 0 aromatic rings. The molecule has 0 amide bonds. The van der Waals surface area contributed by atoms with Gasteiger partial charge in [0.25, 0.3) is 0 Å². The Hall–Kier alpha value is -1.93. The third-order valence-corrected chi connectivity index (χ3v) is 13.2. The minimum atomic E-state index is -0.870. The first kappa shape index (κ1) is 63.1. The Morgan fingerprint density at radius 1 is 0.446 bits per heavy atom. The Kier molecular flexibility index (Phi) is 47.1. The standard InChI is InChI=1S/C57H109NO7/c1-6-8-10-12-14-16-18-20-22-24-26-28-30-31-33-35-37-39-41-43-45-47-55(59)64-52-53(51-63-50-49-54(57(61)62)58(3,4)5)65-56(60)48-46-44-42-40-38-36-34-32-29-27-25-23-21-19-17-15-13-11-9-7-2/h28,30,53-54H,6-27,29,31-52H2,1-5H3/p+1/b30-28+. The van der Waals surface area contributed by atoms with E-state index < -0.39 is 18.1 Å². The average Bonchev–Trinajstić information content (AvgIpc) is 3.27. The van der Waals surface area contributed by atoms with Crippen LogP contribution in [0.3, 0.4) is 0 Å². The van der Waals surface area contributed by atoms with Gasteiger partial charge in [-0.25, -0.2) is 4.79 Å². The van der Waals surface area contributed by atoms with Gasteiger partial charge in [0, 0.05) is 19.3 Å². The molecule has 2 unspecified atom stereocenters.